The van der Waals surface area contributed by atoms with Gasteiger partial charge in [-0.3, -0.25) is 4.79 Å². The van der Waals surface area contributed by atoms with Gasteiger partial charge in [0.2, 0.25) is 0 Å². The van der Waals surface area contributed by atoms with Crippen LogP contribution in [0.3, 0.4) is 0 Å². The number of Topliss-reactive ketones (excluding diaryl/α,β-unsaturated/α-hetero) is 1. The predicted octanol–water partition coefficient (Wildman–Crippen LogP) is 1.54. The molecule has 9 heavy (non-hydrogen) atoms. The molecule has 2 aliphatic carbocycles. The minimum absolute atomic E-state index is 0.0347. The van der Waals surface area contributed by atoms with E-state index in [2.05, 4.69) is 26.8 Å². The fraction of sp³-hybridized carbons (Fsp3) is 0.625. The molecule has 0 saturated heterocycles. The van der Waals surface area contributed by atoms with E-state index in [1.165, 1.54) is 0 Å². The Morgan fingerprint density at radius 2 is 1.89 bits per heavy atom. The van der Waals surface area contributed by atoms with E-state index in [0.29, 0.717) is 5.78 Å². The number of ketones is 1. The maximum Gasteiger partial charge on any atom is 0.174 e. The van der Waals surface area contributed by atoms with E-state index in [1.807, 2.05) is 0 Å². The third-order valence-corrected chi connectivity index (χ3v) is 2.43. The average Bonchev–Trinajstić information content (AvgIpc) is 2.44. The van der Waals surface area contributed by atoms with E-state index in [4.69, 9.17) is 0 Å². The summed E-state index contributed by atoms with van der Waals surface area (Å²) >= 11 is 0. The Morgan fingerprint density at radius 3 is 1.89 bits per heavy atom. The predicted molar refractivity (Wildman–Crippen MR) is 35.0 cm³/mol. The molecule has 1 heteroatoms. The van der Waals surface area contributed by atoms with Crippen molar-refractivity contribution in [2.24, 2.45) is 10.8 Å². The monoisotopic (exact) mass is 122 g/mol. The van der Waals surface area contributed by atoms with Crippen LogP contribution in [0, 0.1) is 10.8 Å². The summed E-state index contributed by atoms with van der Waals surface area (Å²) in [6.45, 7) is 6.34. The van der Waals surface area contributed by atoms with Crippen molar-refractivity contribution in [2.45, 2.75) is 20.8 Å². The topological polar surface area (TPSA) is 17.1 Å². The van der Waals surface area contributed by atoms with Gasteiger partial charge >= 0.3 is 0 Å². The van der Waals surface area contributed by atoms with Gasteiger partial charge in [-0.1, -0.05) is 26.8 Å². The van der Waals surface area contributed by atoms with Crippen molar-refractivity contribution in [3.63, 3.8) is 0 Å². The summed E-state index contributed by atoms with van der Waals surface area (Å²) in [5.74, 6) is 0.384. The van der Waals surface area contributed by atoms with Gasteiger partial charge in [0.15, 0.2) is 5.78 Å². The molecule has 0 heterocycles. The van der Waals surface area contributed by atoms with Crippen molar-refractivity contribution in [2.75, 3.05) is 0 Å². The van der Waals surface area contributed by atoms with Crippen LogP contribution in [0.15, 0.2) is 11.6 Å². The van der Waals surface area contributed by atoms with Crippen LogP contribution < -0.4 is 0 Å². The second-order valence-corrected chi connectivity index (χ2v) is 3.95. The second kappa shape index (κ2) is 0.898. The van der Waals surface area contributed by atoms with Gasteiger partial charge in [-0.15, -0.1) is 0 Å². The largest absolute Gasteiger partial charge is 0.293 e. The lowest BCUT2D eigenvalue weighted by atomic mass is 9.83. The van der Waals surface area contributed by atoms with Crippen LogP contribution in [0.4, 0.5) is 0 Å². The Bertz CT molecular complexity index is 223. The maximum absolute atomic E-state index is 10.8. The van der Waals surface area contributed by atoms with E-state index in [9.17, 15) is 4.79 Å². The van der Waals surface area contributed by atoms with Gasteiger partial charge in [0, 0.05) is 5.57 Å². The molecule has 0 bridgehead atoms. The SMILES string of the molecule is CC(C)(C)C12C=C1C2=O. The third kappa shape index (κ3) is 0.336. The number of fused-ring (bicyclic) bond motifs is 1. The molecule has 1 fully saturated rings. The molecule has 1 atom stereocenters. The lowest BCUT2D eigenvalue weighted by Gasteiger charge is -2.19. The number of hydrogen-bond acceptors (Lipinski definition) is 1. The van der Waals surface area contributed by atoms with Gasteiger partial charge in [-0.25, -0.2) is 0 Å². The molecular weight excluding hydrogens is 112 g/mol. The molecular formula is C8H10O. The van der Waals surface area contributed by atoms with Crippen molar-refractivity contribution in [1.29, 1.82) is 0 Å². The summed E-state index contributed by atoms with van der Waals surface area (Å²) < 4.78 is 0. The van der Waals surface area contributed by atoms with E-state index >= 15 is 0 Å². The summed E-state index contributed by atoms with van der Waals surface area (Å²) in [6.07, 6.45) is 2.08. The highest BCUT2D eigenvalue weighted by Gasteiger charge is 2.75. The normalized spacial score (nSPS) is 37.7. The molecule has 2 aliphatic rings. The van der Waals surface area contributed by atoms with Crippen molar-refractivity contribution in [1.82, 2.24) is 0 Å². The summed E-state index contributed by atoms with van der Waals surface area (Å²) in [6, 6.07) is 0. The van der Waals surface area contributed by atoms with E-state index in [-0.39, 0.29) is 10.8 Å². The van der Waals surface area contributed by atoms with Gasteiger partial charge in [0.25, 0.3) is 0 Å². The molecule has 1 saturated carbocycles. The fourth-order valence-corrected chi connectivity index (χ4v) is 1.49. The van der Waals surface area contributed by atoms with Crippen molar-refractivity contribution < 1.29 is 4.79 Å². The van der Waals surface area contributed by atoms with Crippen molar-refractivity contribution in [3.05, 3.63) is 11.6 Å². The van der Waals surface area contributed by atoms with E-state index in [1.54, 1.807) is 0 Å². The Balaban J connectivity index is 2.31. The molecule has 2 rings (SSSR count). The Hall–Kier alpha value is -0.590. The van der Waals surface area contributed by atoms with Gasteiger partial charge in [0.1, 0.15) is 0 Å². The molecule has 0 N–H and O–H groups in total. The number of allylic oxidation sites excluding steroid dienone is 2. The minimum Gasteiger partial charge on any atom is -0.293 e. The van der Waals surface area contributed by atoms with Crippen LogP contribution in [-0.2, 0) is 4.79 Å². The van der Waals surface area contributed by atoms with Gasteiger partial charge in [-0.05, 0) is 5.41 Å². The number of hydrogen-bond donors (Lipinski definition) is 0. The highest BCUT2D eigenvalue weighted by Crippen LogP contribution is 2.72. The summed E-state index contributed by atoms with van der Waals surface area (Å²) in [4.78, 5) is 10.8. The zero-order valence-corrected chi connectivity index (χ0v) is 5.99. The number of carbonyl (C=O) groups is 1. The lowest BCUT2D eigenvalue weighted by molar-refractivity contribution is -0.113. The Labute approximate surface area is 54.8 Å². The molecule has 0 aromatic heterocycles. The first-order valence-corrected chi connectivity index (χ1v) is 3.28. The molecule has 1 unspecified atom stereocenters. The number of rotatable bonds is 0. The van der Waals surface area contributed by atoms with Crippen LogP contribution in [0.1, 0.15) is 20.8 Å². The zero-order valence-electron chi connectivity index (χ0n) is 5.99. The molecule has 0 aliphatic heterocycles. The highest BCUT2D eigenvalue weighted by atomic mass is 16.1. The van der Waals surface area contributed by atoms with Gasteiger partial charge in [-0.2, -0.15) is 0 Å². The highest BCUT2D eigenvalue weighted by molar-refractivity contribution is 6.31. The summed E-state index contributed by atoms with van der Waals surface area (Å²) in [7, 11) is 0. The average molecular weight is 122 g/mol. The van der Waals surface area contributed by atoms with Gasteiger partial charge < -0.3 is 0 Å². The Kier molecular flexibility index (Phi) is 0.521. The quantitative estimate of drug-likeness (QED) is 0.476. The summed E-state index contributed by atoms with van der Waals surface area (Å²) in [5, 5.41) is 0. The maximum atomic E-state index is 10.8. The smallest absolute Gasteiger partial charge is 0.174 e. The van der Waals surface area contributed by atoms with Crippen LogP contribution in [0.5, 0.6) is 0 Å². The fourth-order valence-electron chi connectivity index (χ4n) is 1.49. The van der Waals surface area contributed by atoms with E-state index < -0.39 is 0 Å². The molecule has 0 amide bonds. The second-order valence-electron chi connectivity index (χ2n) is 3.95. The van der Waals surface area contributed by atoms with Gasteiger partial charge in [0.05, 0.1) is 5.41 Å². The van der Waals surface area contributed by atoms with Crippen LogP contribution >= 0.6 is 0 Å². The molecule has 0 aromatic carbocycles. The first-order chi connectivity index (χ1) is 4.00. The first-order valence-electron chi connectivity index (χ1n) is 3.28. The van der Waals surface area contributed by atoms with E-state index in [0.717, 1.165) is 5.57 Å². The van der Waals surface area contributed by atoms with Crippen LogP contribution in [-0.4, -0.2) is 5.78 Å². The molecule has 0 aromatic rings. The van der Waals surface area contributed by atoms with Crippen molar-refractivity contribution >= 4 is 5.78 Å². The molecule has 0 radical (unpaired) electrons. The summed E-state index contributed by atoms with van der Waals surface area (Å²) in [5.41, 5.74) is 1.20. The minimum atomic E-state index is -0.0347. The third-order valence-electron chi connectivity index (χ3n) is 2.43. The lowest BCUT2D eigenvalue weighted by Crippen LogP contribution is -2.17. The van der Waals surface area contributed by atoms with Crippen LogP contribution in [0.25, 0.3) is 0 Å². The zero-order chi connectivity index (χ0) is 6.86. The number of carbonyl (C=O) groups excluding carboxylic acids is 1. The van der Waals surface area contributed by atoms with Crippen molar-refractivity contribution in [3.8, 4) is 0 Å². The standard InChI is InChI=1S/C8H10O/c1-7(2,3)8-4-5(8)6(8)9/h4H,1-3H3. The van der Waals surface area contributed by atoms with Crippen LogP contribution in [0.2, 0.25) is 0 Å². The first kappa shape index (κ1) is 5.21. The molecule has 48 valence electrons. The molecule has 1 nitrogen and oxygen atoms in total. The Morgan fingerprint density at radius 1 is 1.44 bits per heavy atom. The molecule has 0 spiro atoms.